The van der Waals surface area contributed by atoms with Crippen LogP contribution >= 0.6 is 0 Å². The van der Waals surface area contributed by atoms with Gasteiger partial charge in [-0.05, 0) is 50.3 Å². The van der Waals surface area contributed by atoms with Crippen molar-refractivity contribution >= 4 is 11.9 Å². The first kappa shape index (κ1) is 18.2. The monoisotopic (exact) mass is 352 g/mol. The first-order valence-electron chi connectivity index (χ1n) is 8.91. The summed E-state index contributed by atoms with van der Waals surface area (Å²) >= 11 is 0. The van der Waals surface area contributed by atoms with E-state index >= 15 is 0 Å². The lowest BCUT2D eigenvalue weighted by Gasteiger charge is -2.41. The van der Waals surface area contributed by atoms with Crippen LogP contribution in [0.25, 0.3) is 0 Å². The van der Waals surface area contributed by atoms with Crippen molar-refractivity contribution in [2.45, 2.75) is 38.2 Å². The van der Waals surface area contributed by atoms with Crippen molar-refractivity contribution in [3.8, 4) is 0 Å². The Morgan fingerprint density at radius 2 is 1.58 bits per heavy atom. The zero-order chi connectivity index (χ0) is 18.6. The molecule has 0 amide bonds. The minimum atomic E-state index is -0.914. The number of carbonyl (C=O) groups excluding carboxylic acids is 2. The van der Waals surface area contributed by atoms with Gasteiger partial charge in [0.2, 0.25) is 0 Å². The smallest absolute Gasteiger partial charge is 0.338 e. The predicted octanol–water partition coefficient (Wildman–Crippen LogP) is 4.19. The van der Waals surface area contributed by atoms with Gasteiger partial charge in [-0.1, -0.05) is 48.5 Å². The molecule has 2 aromatic carbocycles. The molecule has 26 heavy (non-hydrogen) atoms. The first-order valence-corrected chi connectivity index (χ1v) is 8.91. The molecule has 0 spiro atoms. The van der Waals surface area contributed by atoms with E-state index in [-0.39, 0.29) is 5.97 Å². The fraction of sp³-hybridized carbons (Fsp3) is 0.364. The van der Waals surface area contributed by atoms with Gasteiger partial charge in [-0.2, -0.15) is 0 Å². The summed E-state index contributed by atoms with van der Waals surface area (Å²) in [6.45, 7) is 1.86. The molecule has 2 unspecified atom stereocenters. The Bertz CT molecular complexity index is 771. The number of methoxy groups -OCH3 is 1. The molecule has 4 heteroatoms. The van der Waals surface area contributed by atoms with Crippen molar-refractivity contribution in [2.75, 3.05) is 7.11 Å². The lowest BCUT2D eigenvalue weighted by atomic mass is 9.70. The van der Waals surface area contributed by atoms with Gasteiger partial charge >= 0.3 is 11.9 Å². The van der Waals surface area contributed by atoms with E-state index in [1.807, 2.05) is 43.3 Å². The molecule has 0 aliphatic heterocycles. The fourth-order valence-electron chi connectivity index (χ4n) is 4.02. The number of rotatable bonds is 5. The van der Waals surface area contributed by atoms with Crippen LogP contribution < -0.4 is 0 Å². The third-order valence-electron chi connectivity index (χ3n) is 5.52. The molecule has 1 aliphatic rings. The molecule has 136 valence electrons. The maximum absolute atomic E-state index is 12.9. The van der Waals surface area contributed by atoms with E-state index in [2.05, 4.69) is 0 Å². The lowest BCUT2D eigenvalue weighted by Crippen LogP contribution is -2.52. The zero-order valence-electron chi connectivity index (χ0n) is 15.2. The minimum Gasteiger partial charge on any atom is -0.468 e. The van der Waals surface area contributed by atoms with Gasteiger partial charge in [0.05, 0.1) is 12.7 Å². The maximum atomic E-state index is 12.9. The highest BCUT2D eigenvalue weighted by atomic mass is 16.6. The van der Waals surface area contributed by atoms with E-state index in [1.54, 1.807) is 24.3 Å². The SMILES string of the molecule is COC(=O)C1(Cc2ccccc2)CCCC1(C)OC(=O)c1ccccc1. The normalized spacial score (nSPS) is 24.8. The number of ether oxygens (including phenoxy) is 2. The molecule has 1 saturated carbocycles. The summed E-state index contributed by atoms with van der Waals surface area (Å²) in [7, 11) is 1.40. The molecule has 2 atom stereocenters. The molecule has 0 N–H and O–H groups in total. The topological polar surface area (TPSA) is 52.6 Å². The third-order valence-corrected chi connectivity index (χ3v) is 5.52. The van der Waals surface area contributed by atoms with Crippen molar-refractivity contribution in [3.05, 3.63) is 71.8 Å². The molecule has 3 rings (SSSR count). The van der Waals surface area contributed by atoms with Crippen LogP contribution in [-0.4, -0.2) is 24.6 Å². The third kappa shape index (κ3) is 3.24. The number of hydrogen-bond acceptors (Lipinski definition) is 4. The second kappa shape index (κ2) is 7.32. The lowest BCUT2D eigenvalue weighted by molar-refractivity contribution is -0.167. The van der Waals surface area contributed by atoms with Crippen LogP contribution in [0.5, 0.6) is 0 Å². The van der Waals surface area contributed by atoms with Crippen molar-refractivity contribution in [2.24, 2.45) is 5.41 Å². The number of carbonyl (C=O) groups is 2. The molecule has 0 bridgehead atoms. The van der Waals surface area contributed by atoms with Crippen LogP contribution in [0.3, 0.4) is 0 Å². The molecule has 0 aromatic heterocycles. The van der Waals surface area contributed by atoms with Crippen molar-refractivity contribution in [3.63, 3.8) is 0 Å². The Hall–Kier alpha value is -2.62. The first-order chi connectivity index (χ1) is 12.5. The molecule has 4 nitrogen and oxygen atoms in total. The summed E-state index contributed by atoms with van der Waals surface area (Å²) in [5.74, 6) is -0.724. The molecular weight excluding hydrogens is 328 g/mol. The summed E-state index contributed by atoms with van der Waals surface area (Å²) in [4.78, 5) is 25.5. The molecule has 1 fully saturated rings. The van der Waals surface area contributed by atoms with Gasteiger partial charge < -0.3 is 9.47 Å². The Kier molecular flexibility index (Phi) is 5.12. The summed E-state index contributed by atoms with van der Waals surface area (Å²) in [5, 5.41) is 0. The van der Waals surface area contributed by atoms with E-state index in [0.717, 1.165) is 12.0 Å². The summed E-state index contributed by atoms with van der Waals surface area (Å²) in [5.41, 5.74) is -0.281. The van der Waals surface area contributed by atoms with Gasteiger partial charge in [-0.15, -0.1) is 0 Å². The number of esters is 2. The average molecular weight is 352 g/mol. The van der Waals surface area contributed by atoms with Crippen molar-refractivity contribution < 1.29 is 19.1 Å². The number of benzene rings is 2. The highest BCUT2D eigenvalue weighted by molar-refractivity contribution is 5.90. The average Bonchev–Trinajstić information content (AvgIpc) is 2.99. The van der Waals surface area contributed by atoms with Crippen LogP contribution in [-0.2, 0) is 20.7 Å². The maximum Gasteiger partial charge on any atom is 0.338 e. The Balaban J connectivity index is 1.94. The van der Waals surface area contributed by atoms with Gasteiger partial charge in [-0.3, -0.25) is 4.79 Å². The van der Waals surface area contributed by atoms with E-state index in [9.17, 15) is 9.59 Å². The number of hydrogen-bond donors (Lipinski definition) is 0. The Morgan fingerprint density at radius 1 is 0.962 bits per heavy atom. The van der Waals surface area contributed by atoms with Crippen LogP contribution in [0.4, 0.5) is 0 Å². The predicted molar refractivity (Wildman–Crippen MR) is 98.7 cm³/mol. The fourth-order valence-corrected chi connectivity index (χ4v) is 4.02. The summed E-state index contributed by atoms with van der Waals surface area (Å²) in [6.07, 6.45) is 2.56. The Morgan fingerprint density at radius 3 is 2.19 bits per heavy atom. The largest absolute Gasteiger partial charge is 0.468 e. The second-order valence-corrected chi connectivity index (χ2v) is 7.08. The van der Waals surface area contributed by atoms with Gasteiger partial charge in [0, 0.05) is 0 Å². The van der Waals surface area contributed by atoms with E-state index < -0.39 is 17.0 Å². The highest BCUT2D eigenvalue weighted by Gasteiger charge is 2.60. The zero-order valence-corrected chi connectivity index (χ0v) is 15.2. The van der Waals surface area contributed by atoms with Crippen LogP contribution in [0.15, 0.2) is 60.7 Å². The molecule has 2 aromatic rings. The van der Waals surface area contributed by atoms with E-state index in [4.69, 9.17) is 9.47 Å². The minimum absolute atomic E-state index is 0.317. The van der Waals surface area contributed by atoms with Crippen LogP contribution in [0.2, 0.25) is 0 Å². The summed E-state index contributed by atoms with van der Waals surface area (Å²) in [6, 6.07) is 18.7. The van der Waals surface area contributed by atoms with E-state index in [1.165, 1.54) is 7.11 Å². The molecule has 0 heterocycles. The van der Waals surface area contributed by atoms with Gasteiger partial charge in [0.25, 0.3) is 0 Å². The van der Waals surface area contributed by atoms with Gasteiger partial charge in [-0.25, -0.2) is 4.79 Å². The standard InChI is InChI=1S/C22H24O4/c1-21(26-19(23)18-12-7-4-8-13-18)14-9-15-22(21,20(24)25-2)16-17-10-5-3-6-11-17/h3-8,10-13H,9,14-16H2,1-2H3. The molecule has 0 saturated heterocycles. The quantitative estimate of drug-likeness (QED) is 0.757. The second-order valence-electron chi connectivity index (χ2n) is 7.08. The van der Waals surface area contributed by atoms with Crippen LogP contribution in [0.1, 0.15) is 42.1 Å². The molecule has 0 radical (unpaired) electrons. The Labute approximate surface area is 154 Å². The van der Waals surface area contributed by atoms with Gasteiger partial charge in [0.15, 0.2) is 0 Å². The molecular formula is C22H24O4. The summed E-state index contributed by atoms with van der Waals surface area (Å²) < 4.78 is 11.1. The van der Waals surface area contributed by atoms with E-state index in [0.29, 0.717) is 24.8 Å². The van der Waals surface area contributed by atoms with Crippen LogP contribution in [0, 0.1) is 5.41 Å². The highest BCUT2D eigenvalue weighted by Crippen LogP contribution is 2.52. The molecule has 1 aliphatic carbocycles. The van der Waals surface area contributed by atoms with Crippen molar-refractivity contribution in [1.82, 2.24) is 0 Å². The van der Waals surface area contributed by atoms with Gasteiger partial charge in [0.1, 0.15) is 11.0 Å². The van der Waals surface area contributed by atoms with Crippen molar-refractivity contribution in [1.29, 1.82) is 0 Å².